The maximum absolute atomic E-state index is 5.43. The van der Waals surface area contributed by atoms with Gasteiger partial charge in [0.15, 0.2) is 11.5 Å². The predicted molar refractivity (Wildman–Crippen MR) is 96.1 cm³/mol. The van der Waals surface area contributed by atoms with E-state index in [-0.39, 0.29) is 0 Å². The summed E-state index contributed by atoms with van der Waals surface area (Å²) in [4.78, 5) is 3.58. The molecule has 3 rings (SSSR count). The number of nitrogens with one attached hydrogen (secondary N) is 2. The first kappa shape index (κ1) is 17.6. The van der Waals surface area contributed by atoms with Gasteiger partial charge in [-0.05, 0) is 37.0 Å². The maximum Gasteiger partial charge on any atom is 0.161 e. The average molecular weight is 335 g/mol. The smallest absolute Gasteiger partial charge is 0.161 e. The van der Waals surface area contributed by atoms with E-state index in [9.17, 15) is 0 Å². The number of benzene rings is 1. The van der Waals surface area contributed by atoms with Crippen LogP contribution in [0.15, 0.2) is 18.2 Å². The lowest BCUT2D eigenvalue weighted by Crippen LogP contribution is -3.29. The van der Waals surface area contributed by atoms with Gasteiger partial charge in [-0.15, -0.1) is 0 Å². The molecule has 24 heavy (non-hydrogen) atoms. The van der Waals surface area contributed by atoms with E-state index in [4.69, 9.17) is 9.47 Å². The summed E-state index contributed by atoms with van der Waals surface area (Å²) in [6.07, 6.45) is 5.78. The fourth-order valence-electron chi connectivity index (χ4n) is 4.59. The Bertz CT molecular complexity index is 526. The molecule has 0 aromatic heterocycles. The molecule has 0 radical (unpaired) electrons. The van der Waals surface area contributed by atoms with E-state index < -0.39 is 0 Å². The molecule has 1 saturated heterocycles. The van der Waals surface area contributed by atoms with Gasteiger partial charge in [-0.2, -0.15) is 0 Å². The first-order valence-corrected chi connectivity index (χ1v) is 9.58. The summed E-state index contributed by atoms with van der Waals surface area (Å²) in [6.45, 7) is 8.77. The van der Waals surface area contributed by atoms with Crippen molar-refractivity contribution in [2.45, 2.75) is 45.2 Å². The minimum Gasteiger partial charge on any atom is -0.493 e. The summed E-state index contributed by atoms with van der Waals surface area (Å²) < 4.78 is 10.8. The Kier molecular flexibility index (Phi) is 6.01. The van der Waals surface area contributed by atoms with Gasteiger partial charge in [-0.1, -0.05) is 13.3 Å². The van der Waals surface area contributed by atoms with Gasteiger partial charge < -0.3 is 19.3 Å². The topological polar surface area (TPSA) is 27.3 Å². The molecule has 1 aliphatic heterocycles. The van der Waals surface area contributed by atoms with Crippen molar-refractivity contribution in [3.05, 3.63) is 23.8 Å². The van der Waals surface area contributed by atoms with E-state index in [1.165, 1.54) is 57.4 Å². The Hall–Kier alpha value is -1.26. The largest absolute Gasteiger partial charge is 0.493 e. The normalized spacial score (nSPS) is 30.8. The molecule has 1 saturated carbocycles. The van der Waals surface area contributed by atoms with Crippen molar-refractivity contribution in [1.29, 1.82) is 0 Å². The Morgan fingerprint density at radius 3 is 2.42 bits per heavy atom. The summed E-state index contributed by atoms with van der Waals surface area (Å²) in [5.41, 5.74) is 1.34. The molecular weight excluding hydrogens is 300 g/mol. The zero-order valence-corrected chi connectivity index (χ0v) is 15.6. The third-order valence-corrected chi connectivity index (χ3v) is 6.02. The van der Waals surface area contributed by atoms with Crippen molar-refractivity contribution >= 4 is 0 Å². The standard InChI is InChI=1S/C20H32N2O2/c1-16-5-4-6-18(13-16)22-11-9-21(10-12-22)15-17-7-8-19(23-2)20(14-17)24-3/h7-8,14,16,18H,4-6,9-13,15H2,1-3H3/p+2/t16-,18-/m1/s1. The molecule has 0 spiro atoms. The monoisotopic (exact) mass is 334 g/mol. The van der Waals surface area contributed by atoms with E-state index in [0.717, 1.165) is 30.0 Å². The molecule has 2 aliphatic rings. The van der Waals surface area contributed by atoms with E-state index >= 15 is 0 Å². The number of quaternary nitrogens is 2. The van der Waals surface area contributed by atoms with Crippen LogP contribution in [0.2, 0.25) is 0 Å². The van der Waals surface area contributed by atoms with Crippen molar-refractivity contribution in [3.63, 3.8) is 0 Å². The van der Waals surface area contributed by atoms with Crippen LogP contribution in [0, 0.1) is 5.92 Å². The SMILES string of the molecule is COc1ccc(C[NH+]2CC[NH+]([C@@H]3CCC[C@@H](C)C3)CC2)cc1OC. The fraction of sp³-hybridized carbons (Fsp3) is 0.700. The molecule has 1 aliphatic carbocycles. The number of hydrogen-bond donors (Lipinski definition) is 2. The fourth-order valence-corrected chi connectivity index (χ4v) is 4.59. The van der Waals surface area contributed by atoms with Crippen LogP contribution in [0.3, 0.4) is 0 Å². The first-order valence-electron chi connectivity index (χ1n) is 9.58. The van der Waals surface area contributed by atoms with Crippen molar-refractivity contribution in [3.8, 4) is 11.5 Å². The molecule has 2 atom stereocenters. The number of hydrogen-bond acceptors (Lipinski definition) is 2. The van der Waals surface area contributed by atoms with Crippen LogP contribution in [0.25, 0.3) is 0 Å². The van der Waals surface area contributed by atoms with Crippen LogP contribution >= 0.6 is 0 Å². The van der Waals surface area contributed by atoms with E-state index in [1.54, 1.807) is 19.1 Å². The van der Waals surface area contributed by atoms with Crippen LogP contribution in [0.1, 0.15) is 38.2 Å². The van der Waals surface area contributed by atoms with Gasteiger partial charge in [0.25, 0.3) is 0 Å². The summed E-state index contributed by atoms with van der Waals surface area (Å²) in [5.74, 6) is 2.60. The second-order valence-electron chi connectivity index (χ2n) is 7.74. The number of piperazine rings is 1. The van der Waals surface area contributed by atoms with Gasteiger partial charge in [0.1, 0.15) is 32.7 Å². The van der Waals surface area contributed by atoms with Crippen LogP contribution in [-0.4, -0.2) is 46.4 Å². The molecule has 2 N–H and O–H groups in total. The Labute approximate surface area is 146 Å². The summed E-state index contributed by atoms with van der Waals surface area (Å²) in [6, 6.07) is 7.26. The minimum atomic E-state index is 0.817. The van der Waals surface area contributed by atoms with Gasteiger partial charge in [0, 0.05) is 12.0 Å². The zero-order valence-electron chi connectivity index (χ0n) is 15.6. The second kappa shape index (κ2) is 8.21. The Morgan fingerprint density at radius 1 is 1.00 bits per heavy atom. The van der Waals surface area contributed by atoms with Crippen molar-refractivity contribution in [2.75, 3.05) is 40.4 Å². The lowest BCUT2D eigenvalue weighted by molar-refractivity contribution is -1.03. The third-order valence-electron chi connectivity index (χ3n) is 6.02. The summed E-state index contributed by atoms with van der Waals surface area (Å²) in [7, 11) is 3.40. The first-order chi connectivity index (χ1) is 11.7. The van der Waals surface area contributed by atoms with Gasteiger partial charge in [-0.3, -0.25) is 0 Å². The maximum atomic E-state index is 5.43. The van der Waals surface area contributed by atoms with Crippen LogP contribution in [0.4, 0.5) is 0 Å². The molecular formula is C20H34N2O2+2. The molecule has 1 aromatic carbocycles. The molecule has 1 heterocycles. The van der Waals surface area contributed by atoms with Crippen molar-refractivity contribution < 1.29 is 19.3 Å². The molecule has 1 aromatic rings. The molecule has 4 nitrogen and oxygen atoms in total. The Morgan fingerprint density at radius 2 is 1.75 bits per heavy atom. The van der Waals surface area contributed by atoms with E-state index in [0.29, 0.717) is 0 Å². The molecule has 4 heteroatoms. The predicted octanol–water partition coefficient (Wildman–Crippen LogP) is 0.566. The average Bonchev–Trinajstić information content (AvgIpc) is 2.62. The van der Waals surface area contributed by atoms with E-state index in [2.05, 4.69) is 19.1 Å². The van der Waals surface area contributed by atoms with Gasteiger partial charge >= 0.3 is 0 Å². The molecule has 0 bridgehead atoms. The number of methoxy groups -OCH3 is 2. The third kappa shape index (κ3) is 4.22. The quantitative estimate of drug-likeness (QED) is 0.824. The van der Waals surface area contributed by atoms with Crippen molar-refractivity contribution in [2.24, 2.45) is 5.92 Å². The van der Waals surface area contributed by atoms with Gasteiger partial charge in [0.2, 0.25) is 0 Å². The summed E-state index contributed by atoms with van der Waals surface area (Å²) >= 11 is 0. The highest BCUT2D eigenvalue weighted by molar-refractivity contribution is 5.42. The highest BCUT2D eigenvalue weighted by atomic mass is 16.5. The van der Waals surface area contributed by atoms with Crippen LogP contribution in [0.5, 0.6) is 11.5 Å². The molecule has 134 valence electrons. The molecule has 0 amide bonds. The van der Waals surface area contributed by atoms with Gasteiger partial charge in [-0.25, -0.2) is 0 Å². The lowest BCUT2D eigenvalue weighted by Gasteiger charge is -2.37. The van der Waals surface area contributed by atoms with Crippen LogP contribution < -0.4 is 19.3 Å². The highest BCUT2D eigenvalue weighted by Gasteiger charge is 2.32. The van der Waals surface area contributed by atoms with Crippen molar-refractivity contribution in [1.82, 2.24) is 0 Å². The minimum absolute atomic E-state index is 0.817. The summed E-state index contributed by atoms with van der Waals surface area (Å²) in [5, 5.41) is 0. The zero-order chi connectivity index (χ0) is 16.9. The van der Waals surface area contributed by atoms with Crippen LogP contribution in [-0.2, 0) is 6.54 Å². The number of rotatable bonds is 5. The molecule has 0 unspecified atom stereocenters. The van der Waals surface area contributed by atoms with Gasteiger partial charge in [0.05, 0.1) is 20.3 Å². The van der Waals surface area contributed by atoms with E-state index in [1.807, 2.05) is 11.0 Å². The lowest BCUT2D eigenvalue weighted by atomic mass is 9.86. The Balaban J connectivity index is 1.52. The second-order valence-corrected chi connectivity index (χ2v) is 7.74. The molecule has 2 fully saturated rings. The highest BCUT2D eigenvalue weighted by Crippen LogP contribution is 2.27. The number of ether oxygens (including phenoxy) is 2.